The predicted molar refractivity (Wildman–Crippen MR) is 103 cm³/mol. The maximum absolute atomic E-state index is 13.0. The monoisotopic (exact) mass is 400 g/mol. The molecule has 0 spiro atoms. The van der Waals surface area contributed by atoms with Gasteiger partial charge in [-0.25, -0.2) is 4.57 Å². The molecule has 0 fully saturated rings. The Kier molecular flexibility index (Phi) is 8.32. The summed E-state index contributed by atoms with van der Waals surface area (Å²) in [6.07, 6.45) is 0. The zero-order valence-corrected chi connectivity index (χ0v) is 17.4. The smallest absolute Gasteiger partial charge is 0.403 e. The van der Waals surface area contributed by atoms with Crippen molar-refractivity contribution in [1.29, 1.82) is 0 Å². The third kappa shape index (κ3) is 7.16. The number of Topliss-reactive ketones (excluding diaryl/α,β-unsaturated/α-hetero) is 2. The predicted octanol–water partition coefficient (Wildman–Crippen LogP) is 2.30. The summed E-state index contributed by atoms with van der Waals surface area (Å²) in [6.45, 7) is 10.8. The maximum atomic E-state index is 13.0. The van der Waals surface area contributed by atoms with Crippen molar-refractivity contribution in [3.63, 3.8) is 0 Å². The summed E-state index contributed by atoms with van der Waals surface area (Å²) >= 11 is 0. The van der Waals surface area contributed by atoms with Crippen molar-refractivity contribution in [2.24, 2.45) is 0 Å². The first kappa shape index (κ1) is 23.5. The van der Waals surface area contributed by atoms with Crippen LogP contribution in [0.25, 0.3) is 0 Å². The van der Waals surface area contributed by atoms with Crippen molar-refractivity contribution in [3.05, 3.63) is 29.3 Å². The number of carbonyl (C=O) groups is 2. The van der Waals surface area contributed by atoms with E-state index in [0.717, 1.165) is 0 Å². The maximum Gasteiger partial charge on any atom is 0.524 e. The average Bonchev–Trinajstić information content (AvgIpc) is 2.50. The number of hydrogen-bond acceptors (Lipinski definition) is 6. The fourth-order valence-corrected chi connectivity index (χ4v) is 3.20. The van der Waals surface area contributed by atoms with Crippen LogP contribution in [0.4, 0.5) is 0 Å². The summed E-state index contributed by atoms with van der Waals surface area (Å²) in [7, 11) is -4.91. The highest BCUT2D eigenvalue weighted by Crippen LogP contribution is 2.40. The molecule has 0 aliphatic rings. The first-order chi connectivity index (χ1) is 12.3. The summed E-state index contributed by atoms with van der Waals surface area (Å²) in [5.41, 5.74) is -0.0760. The number of nitrogens with one attached hydrogen (secondary N) is 2. The first-order valence-electron chi connectivity index (χ1n) is 8.82. The molecule has 0 amide bonds. The van der Waals surface area contributed by atoms with E-state index < -0.39 is 25.7 Å². The van der Waals surface area contributed by atoms with Gasteiger partial charge in [0.25, 0.3) is 0 Å². The van der Waals surface area contributed by atoms with Crippen molar-refractivity contribution in [2.45, 2.75) is 65.7 Å². The summed E-state index contributed by atoms with van der Waals surface area (Å²) in [6, 6.07) is 2.94. The third-order valence-electron chi connectivity index (χ3n) is 3.71. The molecular weight excluding hydrogens is 371 g/mol. The zero-order valence-electron chi connectivity index (χ0n) is 16.5. The van der Waals surface area contributed by atoms with Crippen LogP contribution in [0.2, 0.25) is 0 Å². The molecule has 152 valence electrons. The Morgan fingerprint density at radius 2 is 1.41 bits per heavy atom. The van der Waals surface area contributed by atoms with Gasteiger partial charge in [0, 0.05) is 17.6 Å². The number of rotatable bonds is 10. The Bertz CT molecular complexity index is 729. The normalized spacial score (nSPS) is 14.3. The molecule has 27 heavy (non-hydrogen) atoms. The Balaban J connectivity index is 3.45. The van der Waals surface area contributed by atoms with Gasteiger partial charge in [-0.3, -0.25) is 19.4 Å². The lowest BCUT2D eigenvalue weighted by Crippen LogP contribution is -2.41. The molecule has 0 radical (unpaired) electrons. The fraction of sp³-hybridized carbons (Fsp3) is 0.556. The molecule has 0 aromatic heterocycles. The Hall–Kier alpha value is -1.57. The van der Waals surface area contributed by atoms with E-state index in [1.54, 1.807) is 13.8 Å². The molecule has 0 saturated heterocycles. The Labute approximate surface area is 159 Å². The third-order valence-corrected chi connectivity index (χ3v) is 4.14. The van der Waals surface area contributed by atoms with Crippen molar-refractivity contribution < 1.29 is 28.5 Å². The van der Waals surface area contributed by atoms with Crippen molar-refractivity contribution in [3.8, 4) is 5.75 Å². The molecule has 2 atom stereocenters. The van der Waals surface area contributed by atoms with Gasteiger partial charge in [-0.2, -0.15) is 0 Å². The summed E-state index contributed by atoms with van der Waals surface area (Å²) < 4.78 is 16.0. The number of benzene rings is 1. The molecule has 2 unspecified atom stereocenters. The summed E-state index contributed by atoms with van der Waals surface area (Å²) in [5, 5.41) is 6.10. The van der Waals surface area contributed by atoms with E-state index in [0.29, 0.717) is 0 Å². The average molecular weight is 400 g/mol. The summed E-state index contributed by atoms with van der Waals surface area (Å²) in [4.78, 5) is 44.2. The lowest BCUT2D eigenvalue weighted by Gasteiger charge is -2.22. The van der Waals surface area contributed by atoms with Gasteiger partial charge < -0.3 is 15.2 Å². The van der Waals surface area contributed by atoms with Crippen LogP contribution in [0.3, 0.4) is 0 Å². The molecule has 9 heteroatoms. The second-order valence-corrected chi connectivity index (χ2v) is 8.24. The minimum absolute atomic E-state index is 0.000466. The molecular formula is C18H29N2O6P. The van der Waals surface area contributed by atoms with Crippen LogP contribution in [-0.2, 0) is 4.57 Å². The van der Waals surface area contributed by atoms with Crippen molar-refractivity contribution in [2.75, 3.05) is 0 Å². The second kappa shape index (κ2) is 9.57. The van der Waals surface area contributed by atoms with E-state index in [4.69, 9.17) is 4.52 Å². The van der Waals surface area contributed by atoms with E-state index in [1.807, 2.05) is 27.7 Å². The molecule has 1 aromatic carbocycles. The Morgan fingerprint density at radius 3 is 1.85 bits per heavy atom. The van der Waals surface area contributed by atoms with Gasteiger partial charge in [0.2, 0.25) is 0 Å². The highest BCUT2D eigenvalue weighted by Gasteiger charge is 2.30. The van der Waals surface area contributed by atoms with Crippen LogP contribution in [0.1, 0.15) is 62.3 Å². The number of phosphoric acid groups is 1. The topological polar surface area (TPSA) is 125 Å². The van der Waals surface area contributed by atoms with E-state index in [1.165, 1.54) is 18.2 Å². The van der Waals surface area contributed by atoms with Gasteiger partial charge in [0.05, 0.1) is 17.6 Å². The van der Waals surface area contributed by atoms with E-state index in [-0.39, 0.29) is 34.7 Å². The van der Waals surface area contributed by atoms with Gasteiger partial charge in [-0.1, -0.05) is 39.8 Å². The summed E-state index contributed by atoms with van der Waals surface area (Å²) in [5.74, 6) is -1.15. The minimum Gasteiger partial charge on any atom is -0.403 e. The van der Waals surface area contributed by atoms with E-state index in [2.05, 4.69) is 10.6 Å². The van der Waals surface area contributed by atoms with Crippen molar-refractivity contribution >= 4 is 19.4 Å². The highest BCUT2D eigenvalue weighted by atomic mass is 31.2. The molecule has 1 aromatic rings. The van der Waals surface area contributed by atoms with Gasteiger partial charge in [0.15, 0.2) is 11.6 Å². The molecule has 0 heterocycles. The van der Waals surface area contributed by atoms with Gasteiger partial charge >= 0.3 is 7.82 Å². The minimum atomic E-state index is -4.91. The largest absolute Gasteiger partial charge is 0.524 e. The molecule has 1 rings (SSSR count). The quantitative estimate of drug-likeness (QED) is 0.348. The molecule has 0 bridgehead atoms. The molecule has 0 aliphatic carbocycles. The SMILES string of the molecule is CC(C)NC(C)C(=O)c1cccc(OP(=O)(O)O)c1C(=O)C(C)NC(C)C. The highest BCUT2D eigenvalue weighted by molar-refractivity contribution is 7.46. The van der Waals surface area contributed by atoms with Crippen LogP contribution >= 0.6 is 7.82 Å². The zero-order chi connectivity index (χ0) is 20.9. The van der Waals surface area contributed by atoms with Crippen LogP contribution in [0.15, 0.2) is 18.2 Å². The van der Waals surface area contributed by atoms with Crippen molar-refractivity contribution in [1.82, 2.24) is 10.6 Å². The lowest BCUT2D eigenvalue weighted by molar-refractivity contribution is 0.0911. The number of phosphoric ester groups is 1. The molecule has 0 aliphatic heterocycles. The molecule has 4 N–H and O–H groups in total. The van der Waals surface area contributed by atoms with Crippen LogP contribution in [0, 0.1) is 0 Å². The standard InChI is InChI=1S/C18H29N2O6P/c1-10(2)19-12(5)17(21)14-8-7-9-15(26-27(23,24)25)16(14)18(22)13(6)20-11(3)4/h7-13,19-20H,1-6H3,(H2,23,24,25). The fourth-order valence-electron chi connectivity index (χ4n) is 2.80. The molecule has 0 saturated carbocycles. The van der Waals surface area contributed by atoms with E-state index in [9.17, 15) is 23.9 Å². The number of carbonyl (C=O) groups excluding carboxylic acids is 2. The van der Waals surface area contributed by atoms with Crippen LogP contribution in [-0.4, -0.2) is 45.5 Å². The molecule has 8 nitrogen and oxygen atoms in total. The first-order valence-corrected chi connectivity index (χ1v) is 10.3. The van der Waals surface area contributed by atoms with Gasteiger partial charge in [0.1, 0.15) is 5.75 Å². The van der Waals surface area contributed by atoms with Gasteiger partial charge in [-0.15, -0.1) is 0 Å². The number of hydrogen-bond donors (Lipinski definition) is 4. The number of ketones is 2. The van der Waals surface area contributed by atoms with Gasteiger partial charge in [-0.05, 0) is 19.9 Å². The van der Waals surface area contributed by atoms with Crippen LogP contribution in [0.5, 0.6) is 5.75 Å². The second-order valence-electron chi connectivity index (χ2n) is 7.08. The van der Waals surface area contributed by atoms with Crippen LogP contribution < -0.4 is 15.2 Å². The van der Waals surface area contributed by atoms with E-state index >= 15 is 0 Å². The lowest BCUT2D eigenvalue weighted by atomic mass is 9.93. The Morgan fingerprint density at radius 1 is 0.926 bits per heavy atom.